The van der Waals surface area contributed by atoms with Gasteiger partial charge in [-0.25, -0.2) is 8.42 Å². The van der Waals surface area contributed by atoms with Crippen molar-refractivity contribution in [3.05, 3.63) is 77.0 Å². The maximum atomic E-state index is 13.2. The van der Waals surface area contributed by atoms with Crippen molar-refractivity contribution in [3.8, 4) is 0 Å². The van der Waals surface area contributed by atoms with Gasteiger partial charge in [0.1, 0.15) is 0 Å². The monoisotopic (exact) mass is 369 g/mol. The smallest absolute Gasteiger partial charge is 0.264 e. The molecule has 0 radical (unpaired) electrons. The van der Waals surface area contributed by atoms with E-state index in [1.165, 1.54) is 22.9 Å². The number of sulfonamides is 1. The number of allylic oxidation sites excluding steroid dienone is 1. The van der Waals surface area contributed by atoms with Crippen LogP contribution in [-0.4, -0.2) is 18.5 Å². The SMILES string of the molecule is CCc1ccc(C2C/C(=C\C(C)=O)N2S(=O)(=O)c2ccc(C)cc2)cc1. The summed E-state index contributed by atoms with van der Waals surface area (Å²) in [6.45, 7) is 5.44. The van der Waals surface area contributed by atoms with Crippen molar-refractivity contribution in [1.82, 2.24) is 4.31 Å². The van der Waals surface area contributed by atoms with Crippen LogP contribution in [0.25, 0.3) is 0 Å². The summed E-state index contributed by atoms with van der Waals surface area (Å²) in [5, 5.41) is 0. The third-order valence-electron chi connectivity index (χ3n) is 4.69. The molecule has 4 nitrogen and oxygen atoms in total. The number of hydrogen-bond donors (Lipinski definition) is 0. The van der Waals surface area contributed by atoms with E-state index in [0.717, 1.165) is 17.5 Å². The quantitative estimate of drug-likeness (QED) is 0.744. The molecule has 0 bridgehead atoms. The lowest BCUT2D eigenvalue weighted by Crippen LogP contribution is -2.43. The first kappa shape index (κ1) is 18.4. The van der Waals surface area contributed by atoms with E-state index in [2.05, 4.69) is 6.92 Å². The van der Waals surface area contributed by atoms with Crippen LogP contribution in [0.4, 0.5) is 0 Å². The standard InChI is InChI=1S/C21H23NO3S/c1-4-17-7-9-18(10-8-17)21-14-19(13-16(3)23)22(21)26(24,25)20-11-5-15(2)6-12-20/h5-13,21H,4,14H2,1-3H3/b19-13+. The molecule has 1 heterocycles. The molecule has 26 heavy (non-hydrogen) atoms. The molecule has 2 aromatic rings. The molecule has 1 unspecified atom stereocenters. The molecule has 0 aliphatic carbocycles. The minimum atomic E-state index is -3.71. The fourth-order valence-electron chi connectivity index (χ4n) is 3.19. The zero-order valence-corrected chi connectivity index (χ0v) is 16.1. The Bertz CT molecular complexity index is 942. The number of hydrogen-bond acceptors (Lipinski definition) is 3. The van der Waals surface area contributed by atoms with Gasteiger partial charge in [-0.05, 0) is 43.5 Å². The molecule has 1 aliphatic heterocycles. The summed E-state index contributed by atoms with van der Waals surface area (Å²) in [5.41, 5.74) is 3.69. The second-order valence-electron chi connectivity index (χ2n) is 6.68. The molecule has 0 spiro atoms. The van der Waals surface area contributed by atoms with Crippen LogP contribution in [0.2, 0.25) is 0 Å². The molecular formula is C21H23NO3S. The van der Waals surface area contributed by atoms with Gasteiger partial charge in [0.15, 0.2) is 5.78 Å². The number of rotatable bonds is 5. The van der Waals surface area contributed by atoms with Gasteiger partial charge >= 0.3 is 0 Å². The maximum Gasteiger partial charge on any atom is 0.264 e. The topological polar surface area (TPSA) is 54.5 Å². The zero-order valence-electron chi connectivity index (χ0n) is 15.3. The van der Waals surface area contributed by atoms with Crippen LogP contribution >= 0.6 is 0 Å². The summed E-state index contributed by atoms with van der Waals surface area (Å²) in [6, 6.07) is 14.5. The lowest BCUT2D eigenvalue weighted by atomic mass is 9.93. The molecular weight excluding hydrogens is 346 g/mol. The Hall–Kier alpha value is -2.40. The largest absolute Gasteiger partial charge is 0.295 e. The van der Waals surface area contributed by atoms with Crippen LogP contribution in [0, 0.1) is 6.92 Å². The normalized spacial score (nSPS) is 18.7. The summed E-state index contributed by atoms with van der Waals surface area (Å²) in [6.07, 6.45) is 2.89. The molecule has 1 aliphatic rings. The van der Waals surface area contributed by atoms with E-state index in [0.29, 0.717) is 12.1 Å². The van der Waals surface area contributed by atoms with Crippen LogP contribution < -0.4 is 0 Å². The van der Waals surface area contributed by atoms with Gasteiger partial charge in [-0.3, -0.25) is 9.10 Å². The van der Waals surface area contributed by atoms with Crippen LogP contribution in [0.5, 0.6) is 0 Å². The first-order valence-corrected chi connectivity index (χ1v) is 10.2. The van der Waals surface area contributed by atoms with Crippen LogP contribution in [0.15, 0.2) is 65.2 Å². The van der Waals surface area contributed by atoms with Crippen molar-refractivity contribution in [2.24, 2.45) is 0 Å². The molecule has 0 aromatic heterocycles. The van der Waals surface area contributed by atoms with Crippen LogP contribution in [0.3, 0.4) is 0 Å². The van der Waals surface area contributed by atoms with E-state index in [-0.39, 0.29) is 16.7 Å². The predicted molar refractivity (Wildman–Crippen MR) is 102 cm³/mol. The van der Waals surface area contributed by atoms with E-state index in [4.69, 9.17) is 0 Å². The fraction of sp³-hybridized carbons (Fsp3) is 0.286. The van der Waals surface area contributed by atoms with E-state index in [1.54, 1.807) is 24.3 Å². The lowest BCUT2D eigenvalue weighted by Gasteiger charge is -2.44. The Kier molecular flexibility index (Phi) is 5.01. The molecule has 0 N–H and O–H groups in total. The first-order valence-electron chi connectivity index (χ1n) is 8.74. The third kappa shape index (κ3) is 3.44. The highest BCUT2D eigenvalue weighted by atomic mass is 32.2. The predicted octanol–water partition coefficient (Wildman–Crippen LogP) is 4.17. The van der Waals surface area contributed by atoms with Gasteiger partial charge in [0, 0.05) is 18.2 Å². The highest BCUT2D eigenvalue weighted by Crippen LogP contribution is 2.45. The Balaban J connectivity index is 2.01. The number of aryl methyl sites for hydroxylation is 2. The summed E-state index contributed by atoms with van der Waals surface area (Å²) in [7, 11) is -3.71. The van der Waals surface area contributed by atoms with Crippen molar-refractivity contribution >= 4 is 15.8 Å². The van der Waals surface area contributed by atoms with Crippen molar-refractivity contribution < 1.29 is 13.2 Å². The van der Waals surface area contributed by atoms with E-state index in [9.17, 15) is 13.2 Å². The molecule has 0 saturated carbocycles. The van der Waals surface area contributed by atoms with Gasteiger partial charge in [-0.1, -0.05) is 48.9 Å². The molecule has 1 saturated heterocycles. The highest BCUT2D eigenvalue weighted by molar-refractivity contribution is 7.89. The third-order valence-corrected chi connectivity index (χ3v) is 6.56. The molecule has 136 valence electrons. The van der Waals surface area contributed by atoms with Gasteiger partial charge in [-0.2, -0.15) is 0 Å². The Morgan fingerprint density at radius 3 is 2.27 bits per heavy atom. The van der Waals surface area contributed by atoms with Crippen molar-refractivity contribution in [3.63, 3.8) is 0 Å². The Labute approximate surface area is 155 Å². The first-order chi connectivity index (χ1) is 12.3. The van der Waals surface area contributed by atoms with Crippen molar-refractivity contribution in [2.45, 2.75) is 44.6 Å². The second kappa shape index (κ2) is 7.08. The maximum absolute atomic E-state index is 13.2. The van der Waals surface area contributed by atoms with Gasteiger partial charge in [-0.15, -0.1) is 0 Å². The highest BCUT2D eigenvalue weighted by Gasteiger charge is 2.42. The van der Waals surface area contributed by atoms with Crippen molar-refractivity contribution in [1.29, 1.82) is 0 Å². The molecule has 2 aromatic carbocycles. The summed E-state index contributed by atoms with van der Waals surface area (Å²) >= 11 is 0. The van der Waals surface area contributed by atoms with Gasteiger partial charge in [0.25, 0.3) is 10.0 Å². The number of carbonyl (C=O) groups excluding carboxylic acids is 1. The van der Waals surface area contributed by atoms with Crippen LogP contribution in [-0.2, 0) is 21.2 Å². The second-order valence-corrected chi connectivity index (χ2v) is 8.49. The minimum Gasteiger partial charge on any atom is -0.295 e. The molecule has 1 atom stereocenters. The summed E-state index contributed by atoms with van der Waals surface area (Å²) in [5.74, 6) is -0.149. The lowest BCUT2D eigenvalue weighted by molar-refractivity contribution is -0.112. The summed E-state index contributed by atoms with van der Waals surface area (Å²) in [4.78, 5) is 11.8. The van der Waals surface area contributed by atoms with Crippen molar-refractivity contribution in [2.75, 3.05) is 0 Å². The van der Waals surface area contributed by atoms with Gasteiger partial charge in [0.2, 0.25) is 0 Å². The number of benzene rings is 2. The molecule has 0 amide bonds. The van der Waals surface area contributed by atoms with Gasteiger partial charge in [0.05, 0.1) is 10.9 Å². The van der Waals surface area contributed by atoms with Gasteiger partial charge < -0.3 is 0 Å². The average Bonchev–Trinajstić information content (AvgIpc) is 2.58. The number of nitrogens with zero attached hydrogens (tertiary/aromatic N) is 1. The average molecular weight is 369 g/mol. The van der Waals surface area contributed by atoms with E-state index >= 15 is 0 Å². The van der Waals surface area contributed by atoms with E-state index < -0.39 is 10.0 Å². The number of ketones is 1. The number of carbonyl (C=O) groups is 1. The zero-order chi connectivity index (χ0) is 18.9. The fourth-order valence-corrected chi connectivity index (χ4v) is 4.86. The Morgan fingerprint density at radius 1 is 1.12 bits per heavy atom. The Morgan fingerprint density at radius 2 is 1.73 bits per heavy atom. The molecule has 3 rings (SSSR count). The molecule has 5 heteroatoms. The molecule has 1 fully saturated rings. The summed E-state index contributed by atoms with van der Waals surface area (Å²) < 4.78 is 27.8. The van der Waals surface area contributed by atoms with E-state index in [1.807, 2.05) is 31.2 Å². The minimum absolute atomic E-state index is 0.149. The van der Waals surface area contributed by atoms with Crippen LogP contribution in [0.1, 0.15) is 43.0 Å².